The Balaban J connectivity index is 1.55. The molecule has 142 valence electrons. The molecule has 3 heterocycles. The number of hydrogen-bond donors (Lipinski definition) is 1. The maximum Gasteiger partial charge on any atom is 0.247 e. The van der Waals surface area contributed by atoms with Crippen LogP contribution >= 0.6 is 0 Å². The van der Waals surface area contributed by atoms with Crippen molar-refractivity contribution in [2.75, 3.05) is 16.8 Å². The lowest BCUT2D eigenvalue weighted by Gasteiger charge is -2.24. The molecule has 1 N–H and O–H groups in total. The van der Waals surface area contributed by atoms with Gasteiger partial charge in [-0.2, -0.15) is 0 Å². The van der Waals surface area contributed by atoms with Gasteiger partial charge in [-0.3, -0.25) is 9.78 Å². The standard InChI is InChI=1S/C20H19FN6O/c1-13-4-5-15(9-16(13)19-24-10-14(21)11-25-19)26-20(28)17-3-2-8-27(17)18-12-22-6-7-23-18/h4-7,9-12,17H,2-3,8H2,1H3,(H,26,28). The highest BCUT2D eigenvalue weighted by atomic mass is 19.1. The maximum absolute atomic E-state index is 13.1. The van der Waals surface area contributed by atoms with Gasteiger partial charge in [0, 0.05) is 30.2 Å². The Hall–Kier alpha value is -3.42. The lowest BCUT2D eigenvalue weighted by Crippen LogP contribution is -2.40. The van der Waals surface area contributed by atoms with Crippen molar-refractivity contribution in [3.05, 3.63) is 60.6 Å². The van der Waals surface area contributed by atoms with E-state index < -0.39 is 5.82 Å². The molecular weight excluding hydrogens is 359 g/mol. The highest BCUT2D eigenvalue weighted by Gasteiger charge is 2.31. The number of carbonyl (C=O) groups is 1. The number of aryl methyl sites for hydroxylation is 1. The minimum absolute atomic E-state index is 0.0991. The highest BCUT2D eigenvalue weighted by Crippen LogP contribution is 2.26. The summed E-state index contributed by atoms with van der Waals surface area (Å²) in [4.78, 5) is 31.3. The predicted molar refractivity (Wildman–Crippen MR) is 103 cm³/mol. The Morgan fingerprint density at radius 2 is 2.00 bits per heavy atom. The Morgan fingerprint density at radius 3 is 2.75 bits per heavy atom. The van der Waals surface area contributed by atoms with E-state index in [9.17, 15) is 9.18 Å². The molecule has 0 aliphatic carbocycles. The largest absolute Gasteiger partial charge is 0.343 e. The van der Waals surface area contributed by atoms with Gasteiger partial charge >= 0.3 is 0 Å². The number of rotatable bonds is 4. The molecule has 1 fully saturated rings. The Kier molecular flexibility index (Phi) is 4.92. The van der Waals surface area contributed by atoms with Crippen molar-refractivity contribution in [3.63, 3.8) is 0 Å². The molecule has 28 heavy (non-hydrogen) atoms. The first-order valence-corrected chi connectivity index (χ1v) is 9.04. The van der Waals surface area contributed by atoms with E-state index in [1.54, 1.807) is 18.6 Å². The summed E-state index contributed by atoms with van der Waals surface area (Å²) in [6, 6.07) is 5.22. The minimum atomic E-state index is -0.490. The molecule has 8 heteroatoms. The zero-order valence-electron chi connectivity index (χ0n) is 15.3. The van der Waals surface area contributed by atoms with E-state index in [1.807, 2.05) is 30.0 Å². The second-order valence-corrected chi connectivity index (χ2v) is 6.66. The highest BCUT2D eigenvalue weighted by molar-refractivity contribution is 5.97. The number of halogens is 1. The molecule has 1 atom stereocenters. The van der Waals surface area contributed by atoms with Crippen LogP contribution in [0.4, 0.5) is 15.9 Å². The summed E-state index contributed by atoms with van der Waals surface area (Å²) < 4.78 is 13.1. The molecule has 1 saturated heterocycles. The zero-order valence-corrected chi connectivity index (χ0v) is 15.3. The molecule has 3 aromatic rings. The number of benzene rings is 1. The van der Waals surface area contributed by atoms with Gasteiger partial charge in [0.2, 0.25) is 5.91 Å². The third-order valence-corrected chi connectivity index (χ3v) is 4.77. The first-order chi connectivity index (χ1) is 13.6. The first kappa shape index (κ1) is 18.0. The molecule has 0 saturated carbocycles. The predicted octanol–water partition coefficient (Wildman–Crippen LogP) is 2.99. The fourth-order valence-electron chi connectivity index (χ4n) is 3.37. The van der Waals surface area contributed by atoms with E-state index in [0.717, 1.165) is 42.9 Å². The molecular formula is C20H19FN6O. The fraction of sp³-hybridized carbons (Fsp3) is 0.250. The van der Waals surface area contributed by atoms with Gasteiger partial charge in [-0.1, -0.05) is 6.07 Å². The molecule has 1 aromatic carbocycles. The van der Waals surface area contributed by atoms with E-state index in [4.69, 9.17) is 0 Å². The molecule has 1 unspecified atom stereocenters. The van der Waals surface area contributed by atoms with Crippen LogP contribution in [0.5, 0.6) is 0 Å². The van der Waals surface area contributed by atoms with Crippen molar-refractivity contribution in [2.45, 2.75) is 25.8 Å². The van der Waals surface area contributed by atoms with Crippen molar-refractivity contribution >= 4 is 17.4 Å². The van der Waals surface area contributed by atoms with Crippen LogP contribution in [0.1, 0.15) is 18.4 Å². The molecule has 0 bridgehead atoms. The van der Waals surface area contributed by atoms with Crippen LogP contribution in [0.3, 0.4) is 0 Å². The summed E-state index contributed by atoms with van der Waals surface area (Å²) in [5, 5.41) is 2.97. The summed E-state index contributed by atoms with van der Waals surface area (Å²) in [7, 11) is 0. The number of nitrogens with zero attached hydrogens (tertiary/aromatic N) is 5. The quantitative estimate of drug-likeness (QED) is 0.751. The van der Waals surface area contributed by atoms with Crippen LogP contribution in [-0.2, 0) is 4.79 Å². The maximum atomic E-state index is 13.1. The van der Waals surface area contributed by atoms with Crippen molar-refractivity contribution in [1.82, 2.24) is 19.9 Å². The summed E-state index contributed by atoms with van der Waals surface area (Å²) in [6.07, 6.45) is 8.83. The Morgan fingerprint density at radius 1 is 1.18 bits per heavy atom. The third kappa shape index (κ3) is 3.66. The summed E-state index contributed by atoms with van der Waals surface area (Å²) in [6.45, 7) is 2.68. The smallest absolute Gasteiger partial charge is 0.247 e. The van der Waals surface area contributed by atoms with Crippen LogP contribution in [0, 0.1) is 12.7 Å². The van der Waals surface area contributed by atoms with E-state index in [-0.39, 0.29) is 11.9 Å². The van der Waals surface area contributed by atoms with Crippen molar-refractivity contribution in [2.24, 2.45) is 0 Å². The monoisotopic (exact) mass is 378 g/mol. The van der Waals surface area contributed by atoms with E-state index >= 15 is 0 Å². The third-order valence-electron chi connectivity index (χ3n) is 4.77. The number of hydrogen-bond acceptors (Lipinski definition) is 6. The number of anilines is 2. The van der Waals surface area contributed by atoms with Crippen molar-refractivity contribution < 1.29 is 9.18 Å². The van der Waals surface area contributed by atoms with E-state index in [1.165, 1.54) is 0 Å². The van der Waals surface area contributed by atoms with Crippen LogP contribution in [0.25, 0.3) is 11.4 Å². The molecule has 7 nitrogen and oxygen atoms in total. The van der Waals surface area contributed by atoms with E-state index in [2.05, 4.69) is 25.3 Å². The molecule has 1 aliphatic rings. The Bertz CT molecular complexity index is 980. The van der Waals surface area contributed by atoms with Gasteiger partial charge < -0.3 is 10.2 Å². The normalized spacial score (nSPS) is 16.2. The lowest BCUT2D eigenvalue weighted by molar-refractivity contribution is -0.117. The van der Waals surface area contributed by atoms with Crippen molar-refractivity contribution in [1.29, 1.82) is 0 Å². The minimum Gasteiger partial charge on any atom is -0.343 e. The molecule has 1 amide bonds. The average Bonchev–Trinajstić information content (AvgIpc) is 3.21. The number of nitrogens with one attached hydrogen (secondary N) is 1. The summed E-state index contributed by atoms with van der Waals surface area (Å²) in [5.74, 6) is 0.524. The second-order valence-electron chi connectivity index (χ2n) is 6.66. The molecule has 4 rings (SSSR count). The van der Waals surface area contributed by atoms with Gasteiger partial charge in [0.05, 0.1) is 18.6 Å². The molecule has 2 aromatic heterocycles. The van der Waals surface area contributed by atoms with Gasteiger partial charge in [0.1, 0.15) is 11.9 Å². The summed E-state index contributed by atoms with van der Waals surface area (Å²) in [5.41, 5.74) is 2.33. The van der Waals surface area contributed by atoms with Gasteiger partial charge in [-0.05, 0) is 37.5 Å². The van der Waals surface area contributed by atoms with Gasteiger partial charge in [0.25, 0.3) is 0 Å². The topological polar surface area (TPSA) is 83.9 Å². The zero-order chi connectivity index (χ0) is 19.5. The van der Waals surface area contributed by atoms with E-state index in [0.29, 0.717) is 17.3 Å². The van der Waals surface area contributed by atoms with Crippen molar-refractivity contribution in [3.8, 4) is 11.4 Å². The second kappa shape index (κ2) is 7.67. The fourth-order valence-corrected chi connectivity index (χ4v) is 3.37. The SMILES string of the molecule is Cc1ccc(NC(=O)C2CCCN2c2cnccn2)cc1-c1ncc(F)cn1. The average molecular weight is 378 g/mol. The van der Waals surface area contributed by atoms with Gasteiger partial charge in [-0.15, -0.1) is 0 Å². The van der Waals surface area contributed by atoms with Gasteiger partial charge in [-0.25, -0.2) is 19.3 Å². The van der Waals surface area contributed by atoms with Crippen LogP contribution in [0.2, 0.25) is 0 Å². The molecule has 0 spiro atoms. The Labute approximate surface area is 161 Å². The first-order valence-electron chi connectivity index (χ1n) is 9.04. The van der Waals surface area contributed by atoms with Gasteiger partial charge in [0.15, 0.2) is 11.6 Å². The van der Waals surface area contributed by atoms with Crippen LogP contribution < -0.4 is 10.2 Å². The summed E-state index contributed by atoms with van der Waals surface area (Å²) >= 11 is 0. The number of carbonyl (C=O) groups excluding carboxylic acids is 1. The number of amides is 1. The van der Waals surface area contributed by atoms with Crippen LogP contribution in [-0.4, -0.2) is 38.4 Å². The number of aromatic nitrogens is 4. The molecule has 1 aliphatic heterocycles. The molecule has 0 radical (unpaired) electrons. The van der Waals surface area contributed by atoms with Crippen LogP contribution in [0.15, 0.2) is 49.2 Å². The lowest BCUT2D eigenvalue weighted by atomic mass is 10.1.